The number of rotatable bonds is 7. The van der Waals surface area contributed by atoms with Crippen molar-refractivity contribution in [1.82, 2.24) is 20.4 Å². The standard InChI is InChI=1S/C20H41N5O/c1-6-21-19(22-16-20(24(4)5)9-13-26-14-10-20)23-18-7-11-25(12-8-18)15-17(2)3/h17-18H,6-16H2,1-5H3,(H2,21,22,23). The first kappa shape index (κ1) is 21.5. The van der Waals surface area contributed by atoms with Gasteiger partial charge in [0.15, 0.2) is 5.96 Å². The zero-order valence-electron chi connectivity index (χ0n) is 17.7. The molecule has 0 spiro atoms. The van der Waals surface area contributed by atoms with Crippen molar-refractivity contribution in [2.45, 2.75) is 58.0 Å². The number of nitrogens with one attached hydrogen (secondary N) is 2. The summed E-state index contributed by atoms with van der Waals surface area (Å²) in [7, 11) is 4.34. The molecule has 0 saturated carbocycles. The Morgan fingerprint density at radius 1 is 1.23 bits per heavy atom. The van der Waals surface area contributed by atoms with Gasteiger partial charge in [0.1, 0.15) is 0 Å². The second kappa shape index (κ2) is 10.5. The zero-order valence-corrected chi connectivity index (χ0v) is 17.7. The largest absolute Gasteiger partial charge is 0.381 e. The summed E-state index contributed by atoms with van der Waals surface area (Å²) in [6, 6.07) is 0.529. The van der Waals surface area contributed by atoms with Crippen LogP contribution in [0.15, 0.2) is 4.99 Å². The van der Waals surface area contributed by atoms with Gasteiger partial charge in [0.2, 0.25) is 0 Å². The van der Waals surface area contributed by atoms with E-state index in [1.54, 1.807) is 0 Å². The minimum absolute atomic E-state index is 0.126. The number of hydrogen-bond acceptors (Lipinski definition) is 4. The smallest absolute Gasteiger partial charge is 0.191 e. The summed E-state index contributed by atoms with van der Waals surface area (Å²) in [6.45, 7) is 13.7. The molecule has 0 aromatic carbocycles. The molecule has 2 saturated heterocycles. The summed E-state index contributed by atoms with van der Waals surface area (Å²) in [5.41, 5.74) is 0.126. The molecule has 0 atom stereocenters. The van der Waals surface area contributed by atoms with Gasteiger partial charge in [-0.3, -0.25) is 4.99 Å². The lowest BCUT2D eigenvalue weighted by molar-refractivity contribution is -0.00256. The summed E-state index contributed by atoms with van der Waals surface area (Å²) >= 11 is 0. The summed E-state index contributed by atoms with van der Waals surface area (Å²) in [5, 5.41) is 7.13. The molecule has 2 aliphatic heterocycles. The van der Waals surface area contributed by atoms with Gasteiger partial charge < -0.3 is 25.2 Å². The van der Waals surface area contributed by atoms with Crippen LogP contribution < -0.4 is 10.6 Å². The third kappa shape index (κ3) is 6.39. The van der Waals surface area contributed by atoms with Crippen LogP contribution in [0.5, 0.6) is 0 Å². The third-order valence-electron chi connectivity index (χ3n) is 5.80. The van der Waals surface area contributed by atoms with Crippen molar-refractivity contribution in [3.05, 3.63) is 0 Å². The van der Waals surface area contributed by atoms with Crippen LogP contribution in [-0.4, -0.2) is 87.4 Å². The van der Waals surface area contributed by atoms with E-state index in [-0.39, 0.29) is 5.54 Å². The van der Waals surface area contributed by atoms with E-state index in [0.717, 1.165) is 51.0 Å². The summed E-state index contributed by atoms with van der Waals surface area (Å²) in [6.07, 6.45) is 4.50. The fourth-order valence-corrected chi connectivity index (χ4v) is 4.01. The SMILES string of the molecule is CCNC(=NCC1(N(C)C)CCOCC1)NC1CCN(CC(C)C)CC1. The Balaban J connectivity index is 1.90. The first-order valence-electron chi connectivity index (χ1n) is 10.5. The number of piperidine rings is 1. The molecule has 0 aromatic rings. The molecule has 0 radical (unpaired) electrons. The van der Waals surface area contributed by atoms with E-state index in [1.165, 1.54) is 32.5 Å². The highest BCUT2D eigenvalue weighted by Gasteiger charge is 2.34. The molecule has 0 bridgehead atoms. The highest BCUT2D eigenvalue weighted by Crippen LogP contribution is 2.26. The summed E-state index contributed by atoms with van der Waals surface area (Å²) < 4.78 is 5.58. The second-order valence-electron chi connectivity index (χ2n) is 8.54. The first-order chi connectivity index (χ1) is 12.4. The van der Waals surface area contributed by atoms with Crippen molar-refractivity contribution < 1.29 is 4.74 Å². The minimum atomic E-state index is 0.126. The molecule has 2 N–H and O–H groups in total. The molecule has 0 aliphatic carbocycles. The van der Waals surface area contributed by atoms with Crippen LogP contribution >= 0.6 is 0 Å². The Morgan fingerprint density at radius 3 is 2.42 bits per heavy atom. The van der Waals surface area contributed by atoms with Gasteiger partial charge in [0, 0.05) is 51.0 Å². The van der Waals surface area contributed by atoms with E-state index < -0.39 is 0 Å². The average Bonchev–Trinajstić information content (AvgIpc) is 2.62. The van der Waals surface area contributed by atoms with Gasteiger partial charge in [0.05, 0.1) is 6.54 Å². The number of likely N-dealkylation sites (tertiary alicyclic amines) is 1. The van der Waals surface area contributed by atoms with E-state index >= 15 is 0 Å². The second-order valence-corrected chi connectivity index (χ2v) is 8.54. The average molecular weight is 368 g/mol. The third-order valence-corrected chi connectivity index (χ3v) is 5.80. The predicted molar refractivity (Wildman–Crippen MR) is 110 cm³/mol. The number of ether oxygens (including phenoxy) is 1. The van der Waals surface area contributed by atoms with E-state index in [9.17, 15) is 0 Å². The Hall–Kier alpha value is -0.850. The van der Waals surface area contributed by atoms with E-state index in [2.05, 4.69) is 55.3 Å². The summed E-state index contributed by atoms with van der Waals surface area (Å²) in [5.74, 6) is 1.72. The Morgan fingerprint density at radius 2 is 1.88 bits per heavy atom. The molecule has 152 valence electrons. The maximum absolute atomic E-state index is 5.58. The molecule has 2 heterocycles. The van der Waals surface area contributed by atoms with Crippen molar-refractivity contribution in [3.8, 4) is 0 Å². The monoisotopic (exact) mass is 367 g/mol. The zero-order chi connectivity index (χ0) is 19.0. The lowest BCUT2D eigenvalue weighted by Gasteiger charge is -2.42. The van der Waals surface area contributed by atoms with Gasteiger partial charge in [-0.1, -0.05) is 13.8 Å². The normalized spacial score (nSPS) is 22.8. The molecule has 0 aromatic heterocycles. The van der Waals surface area contributed by atoms with Crippen molar-refractivity contribution in [1.29, 1.82) is 0 Å². The molecule has 0 unspecified atom stereocenters. The number of hydrogen-bond donors (Lipinski definition) is 2. The van der Waals surface area contributed by atoms with Crippen LogP contribution in [0, 0.1) is 5.92 Å². The Kier molecular flexibility index (Phi) is 8.64. The maximum Gasteiger partial charge on any atom is 0.191 e. The molecule has 0 amide bonds. The number of likely N-dealkylation sites (N-methyl/N-ethyl adjacent to an activating group) is 1. The van der Waals surface area contributed by atoms with Crippen LogP contribution in [0.25, 0.3) is 0 Å². The quantitative estimate of drug-likeness (QED) is 0.531. The van der Waals surface area contributed by atoms with Crippen molar-refractivity contribution in [2.24, 2.45) is 10.9 Å². The number of nitrogens with zero attached hydrogens (tertiary/aromatic N) is 3. The topological polar surface area (TPSA) is 52.1 Å². The van der Waals surface area contributed by atoms with Crippen LogP contribution in [0.3, 0.4) is 0 Å². The Labute approximate surface area is 160 Å². The highest BCUT2D eigenvalue weighted by atomic mass is 16.5. The lowest BCUT2D eigenvalue weighted by Crippen LogP contribution is -2.53. The van der Waals surface area contributed by atoms with E-state index in [0.29, 0.717) is 6.04 Å². The molecule has 2 rings (SSSR count). The Bertz CT molecular complexity index is 424. The van der Waals surface area contributed by atoms with Crippen molar-refractivity contribution >= 4 is 5.96 Å². The van der Waals surface area contributed by atoms with E-state index in [1.807, 2.05) is 0 Å². The number of aliphatic imine (C=N–C) groups is 1. The predicted octanol–water partition coefficient (Wildman–Crippen LogP) is 1.77. The fourth-order valence-electron chi connectivity index (χ4n) is 4.01. The molecule has 6 nitrogen and oxygen atoms in total. The maximum atomic E-state index is 5.58. The van der Waals surface area contributed by atoms with Gasteiger partial charge >= 0.3 is 0 Å². The van der Waals surface area contributed by atoms with Crippen molar-refractivity contribution in [3.63, 3.8) is 0 Å². The van der Waals surface area contributed by atoms with Crippen LogP contribution in [0.4, 0.5) is 0 Å². The highest BCUT2D eigenvalue weighted by molar-refractivity contribution is 5.80. The lowest BCUT2D eigenvalue weighted by atomic mass is 9.89. The van der Waals surface area contributed by atoms with Gasteiger partial charge in [-0.15, -0.1) is 0 Å². The summed E-state index contributed by atoms with van der Waals surface area (Å²) in [4.78, 5) is 9.91. The fraction of sp³-hybridized carbons (Fsp3) is 0.950. The molecule has 6 heteroatoms. The first-order valence-corrected chi connectivity index (χ1v) is 10.5. The molecular weight excluding hydrogens is 326 g/mol. The van der Waals surface area contributed by atoms with Crippen LogP contribution in [0.1, 0.15) is 46.5 Å². The van der Waals surface area contributed by atoms with E-state index in [4.69, 9.17) is 9.73 Å². The van der Waals surface area contributed by atoms with Gasteiger partial charge in [-0.25, -0.2) is 0 Å². The van der Waals surface area contributed by atoms with Crippen molar-refractivity contribution in [2.75, 3.05) is 60.0 Å². The van der Waals surface area contributed by atoms with Crippen LogP contribution in [0.2, 0.25) is 0 Å². The molecule has 2 aliphatic rings. The molecule has 2 fully saturated rings. The minimum Gasteiger partial charge on any atom is -0.381 e. The van der Waals surface area contributed by atoms with Gasteiger partial charge in [0.25, 0.3) is 0 Å². The van der Waals surface area contributed by atoms with Gasteiger partial charge in [-0.2, -0.15) is 0 Å². The molecular formula is C20H41N5O. The van der Waals surface area contributed by atoms with Gasteiger partial charge in [-0.05, 0) is 52.6 Å². The van der Waals surface area contributed by atoms with Crippen LogP contribution in [-0.2, 0) is 4.74 Å². The molecule has 26 heavy (non-hydrogen) atoms. The number of guanidine groups is 1.